The number of rotatable bonds is 10. The second-order valence-electron chi connectivity index (χ2n) is 10.5. The van der Waals surface area contributed by atoms with Crippen molar-refractivity contribution in [2.75, 3.05) is 6.61 Å². The van der Waals surface area contributed by atoms with E-state index in [0.29, 0.717) is 11.6 Å². The highest BCUT2D eigenvalue weighted by molar-refractivity contribution is 5.44. The zero-order valence-corrected chi connectivity index (χ0v) is 20.2. The van der Waals surface area contributed by atoms with E-state index in [0.717, 1.165) is 23.1 Å². The van der Waals surface area contributed by atoms with Crippen LogP contribution >= 0.6 is 0 Å². The summed E-state index contributed by atoms with van der Waals surface area (Å²) in [7, 11) is 0. The summed E-state index contributed by atoms with van der Waals surface area (Å²) in [6.45, 7) is -1.45. The van der Waals surface area contributed by atoms with Gasteiger partial charge in [-0.3, -0.25) is 0 Å². The number of nitrogens with zero attached hydrogens (tertiary/aromatic N) is 4. The van der Waals surface area contributed by atoms with Gasteiger partial charge < -0.3 is 14.9 Å². The molecule has 1 heterocycles. The molecule has 14 heteroatoms. The molecule has 2 bridgehead atoms. The summed E-state index contributed by atoms with van der Waals surface area (Å²) < 4.78 is 104. The first-order chi connectivity index (χ1) is 18.2. The Morgan fingerprint density at radius 1 is 1.00 bits per heavy atom. The molecule has 7 nitrogen and oxygen atoms in total. The summed E-state index contributed by atoms with van der Waals surface area (Å²) in [5.41, 5.74) is -5.48. The Bertz CT molecular complexity index is 1310. The molecule has 3 aliphatic rings. The smallest absolute Gasteiger partial charge is 0.391 e. The molecule has 39 heavy (non-hydrogen) atoms. The standard InChI is InChI=1S/C25H23F7N4O3/c26-16-3-6-19(20(27)7-16)23(38,13-36-14-33-34-35-36)25(31,32)22-10-21(11-22,12-22)15-1-4-18(5-2-15)39-9-17(37)8-24(28,29)30/h1-7,14,17,37-38H,8-13H2/t17-,21?,22?,23+/m1/s1. The number of aliphatic hydroxyl groups is 2. The van der Waals surface area contributed by atoms with Gasteiger partial charge in [0.25, 0.3) is 5.92 Å². The van der Waals surface area contributed by atoms with Gasteiger partial charge in [-0.15, -0.1) is 5.10 Å². The Labute approximate surface area is 217 Å². The van der Waals surface area contributed by atoms with Gasteiger partial charge in [0.05, 0.1) is 19.1 Å². The van der Waals surface area contributed by atoms with E-state index in [2.05, 4.69) is 15.5 Å². The molecule has 3 saturated carbocycles. The molecule has 6 rings (SSSR count). The molecule has 3 aromatic rings. The van der Waals surface area contributed by atoms with E-state index in [-0.39, 0.29) is 25.0 Å². The lowest BCUT2D eigenvalue weighted by Gasteiger charge is -2.74. The van der Waals surface area contributed by atoms with Crippen molar-refractivity contribution >= 4 is 0 Å². The first-order valence-electron chi connectivity index (χ1n) is 11.9. The van der Waals surface area contributed by atoms with Crippen molar-refractivity contribution in [3.05, 3.63) is 71.6 Å². The Hall–Kier alpha value is -3.26. The molecule has 0 amide bonds. The largest absolute Gasteiger partial charge is 0.491 e. The number of alkyl halides is 5. The van der Waals surface area contributed by atoms with Crippen molar-refractivity contribution in [3.8, 4) is 5.75 Å². The number of ether oxygens (including phenoxy) is 1. The number of benzene rings is 2. The number of aliphatic hydroxyl groups excluding tert-OH is 1. The molecule has 0 saturated heterocycles. The maximum absolute atomic E-state index is 16.2. The number of hydrogen-bond acceptors (Lipinski definition) is 6. The van der Waals surface area contributed by atoms with Crippen molar-refractivity contribution in [1.82, 2.24) is 20.2 Å². The van der Waals surface area contributed by atoms with Gasteiger partial charge in [0.1, 0.15) is 30.3 Å². The van der Waals surface area contributed by atoms with E-state index >= 15 is 8.78 Å². The molecule has 2 aromatic carbocycles. The summed E-state index contributed by atoms with van der Waals surface area (Å²) in [6.07, 6.45) is -6.77. The lowest BCUT2D eigenvalue weighted by atomic mass is 9.30. The minimum atomic E-state index is -4.53. The average molecular weight is 560 g/mol. The van der Waals surface area contributed by atoms with Gasteiger partial charge in [-0.25, -0.2) is 22.2 Å². The van der Waals surface area contributed by atoms with Crippen LogP contribution in [0.1, 0.15) is 36.8 Å². The van der Waals surface area contributed by atoms with Crippen LogP contribution in [0.2, 0.25) is 0 Å². The fraction of sp³-hybridized carbons (Fsp3) is 0.480. The van der Waals surface area contributed by atoms with Crippen LogP contribution in [0.25, 0.3) is 0 Å². The summed E-state index contributed by atoms with van der Waals surface area (Å²) in [5, 5.41) is 31.1. The summed E-state index contributed by atoms with van der Waals surface area (Å²) in [6, 6.07) is 8.17. The zero-order chi connectivity index (χ0) is 28.3. The van der Waals surface area contributed by atoms with Gasteiger partial charge in [-0.05, 0) is 64.9 Å². The molecule has 2 atom stereocenters. The van der Waals surface area contributed by atoms with E-state index in [9.17, 15) is 32.2 Å². The van der Waals surface area contributed by atoms with Gasteiger partial charge in [-0.2, -0.15) is 13.2 Å². The van der Waals surface area contributed by atoms with E-state index in [1.807, 2.05) is 0 Å². The van der Waals surface area contributed by atoms with Crippen molar-refractivity contribution in [1.29, 1.82) is 0 Å². The molecule has 3 aliphatic carbocycles. The van der Waals surface area contributed by atoms with Crippen LogP contribution in [-0.2, 0) is 17.6 Å². The first kappa shape index (κ1) is 27.3. The van der Waals surface area contributed by atoms with E-state index in [1.54, 1.807) is 12.1 Å². The Kier molecular flexibility index (Phi) is 6.41. The Morgan fingerprint density at radius 3 is 2.23 bits per heavy atom. The van der Waals surface area contributed by atoms with Crippen molar-refractivity contribution in [2.45, 2.75) is 61.4 Å². The number of aromatic nitrogens is 4. The van der Waals surface area contributed by atoms with Crippen LogP contribution in [0.5, 0.6) is 5.75 Å². The fourth-order valence-corrected chi connectivity index (χ4v) is 5.95. The third-order valence-electron chi connectivity index (χ3n) is 7.75. The maximum Gasteiger partial charge on any atom is 0.391 e. The Balaban J connectivity index is 1.32. The highest BCUT2D eigenvalue weighted by Crippen LogP contribution is 2.80. The molecule has 3 fully saturated rings. The summed E-state index contributed by atoms with van der Waals surface area (Å²) in [5.74, 6) is -5.99. The van der Waals surface area contributed by atoms with Crippen LogP contribution in [0, 0.1) is 17.0 Å². The lowest BCUT2D eigenvalue weighted by molar-refractivity contribution is -0.347. The number of hydrogen-bond donors (Lipinski definition) is 2. The van der Waals surface area contributed by atoms with Crippen molar-refractivity contribution in [2.24, 2.45) is 5.41 Å². The van der Waals surface area contributed by atoms with E-state index in [1.165, 1.54) is 12.1 Å². The number of tetrazole rings is 1. The third-order valence-corrected chi connectivity index (χ3v) is 7.75. The molecular weight excluding hydrogens is 537 g/mol. The molecule has 2 N–H and O–H groups in total. The molecule has 0 aliphatic heterocycles. The third kappa shape index (κ3) is 4.62. The van der Waals surface area contributed by atoms with Gasteiger partial charge in [0.2, 0.25) is 0 Å². The zero-order valence-electron chi connectivity index (χ0n) is 20.2. The fourth-order valence-electron chi connectivity index (χ4n) is 5.95. The van der Waals surface area contributed by atoms with E-state index in [4.69, 9.17) is 4.74 Å². The number of halogens is 7. The predicted molar refractivity (Wildman–Crippen MR) is 120 cm³/mol. The topological polar surface area (TPSA) is 93.3 Å². The first-order valence-corrected chi connectivity index (χ1v) is 11.9. The molecule has 1 aromatic heterocycles. The van der Waals surface area contributed by atoms with Crippen molar-refractivity contribution in [3.63, 3.8) is 0 Å². The monoisotopic (exact) mass is 560 g/mol. The van der Waals surface area contributed by atoms with Gasteiger partial charge >= 0.3 is 6.18 Å². The SMILES string of the molecule is O[C@@H](COc1ccc(C23CC(C(F)(F)[C@](O)(Cn4cnnn4)c4ccc(F)cc4F)(C2)C3)cc1)CC(F)(F)F. The van der Waals surface area contributed by atoms with Crippen LogP contribution in [0.3, 0.4) is 0 Å². The van der Waals surface area contributed by atoms with Crippen LogP contribution in [0.4, 0.5) is 30.7 Å². The average Bonchev–Trinajstić information content (AvgIpc) is 3.28. The minimum Gasteiger partial charge on any atom is -0.491 e. The molecule has 0 unspecified atom stereocenters. The molecular formula is C25H23F7N4O3. The highest BCUT2D eigenvalue weighted by Gasteiger charge is 2.82. The van der Waals surface area contributed by atoms with E-state index < -0.39 is 71.4 Å². The van der Waals surface area contributed by atoms with Gasteiger partial charge in [0.15, 0.2) is 5.60 Å². The van der Waals surface area contributed by atoms with Crippen molar-refractivity contribution < 1.29 is 45.7 Å². The second kappa shape index (κ2) is 9.15. The highest BCUT2D eigenvalue weighted by atomic mass is 19.4. The predicted octanol–water partition coefficient (Wildman–Crippen LogP) is 4.29. The van der Waals surface area contributed by atoms with Crippen LogP contribution in [-0.4, -0.2) is 55.2 Å². The molecule has 0 spiro atoms. The molecule has 210 valence electrons. The summed E-state index contributed by atoms with van der Waals surface area (Å²) >= 11 is 0. The maximum atomic E-state index is 16.2. The minimum absolute atomic E-state index is 0.0295. The van der Waals surface area contributed by atoms with Gasteiger partial charge in [-0.1, -0.05) is 12.1 Å². The second-order valence-corrected chi connectivity index (χ2v) is 10.5. The van der Waals surface area contributed by atoms with Gasteiger partial charge in [0, 0.05) is 17.0 Å². The molecule has 0 radical (unpaired) electrons. The lowest BCUT2D eigenvalue weighted by Crippen LogP contribution is -2.76. The van der Waals surface area contributed by atoms with Crippen LogP contribution < -0.4 is 4.74 Å². The normalized spacial score (nSPS) is 24.8. The summed E-state index contributed by atoms with van der Waals surface area (Å²) in [4.78, 5) is 0. The Morgan fingerprint density at radius 2 is 1.67 bits per heavy atom. The van der Waals surface area contributed by atoms with Crippen LogP contribution in [0.15, 0.2) is 48.8 Å². The quantitative estimate of drug-likeness (QED) is 0.360.